The second-order valence-corrected chi connectivity index (χ2v) is 6.27. The van der Waals surface area contributed by atoms with E-state index in [9.17, 15) is 9.18 Å². The van der Waals surface area contributed by atoms with Gasteiger partial charge in [-0.15, -0.1) is 0 Å². The highest BCUT2D eigenvalue weighted by atomic mass is 127. The number of piperidine rings is 1. The zero-order valence-corrected chi connectivity index (χ0v) is 13.2. The van der Waals surface area contributed by atoms with Crippen molar-refractivity contribution in [3.63, 3.8) is 0 Å². The average molecular weight is 377 g/mol. The van der Waals surface area contributed by atoms with Gasteiger partial charge in [0.05, 0.1) is 11.2 Å². The van der Waals surface area contributed by atoms with E-state index in [0.717, 1.165) is 19.4 Å². The molecule has 0 aromatic heterocycles. The predicted molar refractivity (Wildman–Crippen MR) is 79.7 cm³/mol. The van der Waals surface area contributed by atoms with E-state index in [1.54, 1.807) is 18.1 Å². The third kappa shape index (κ3) is 3.25. The number of carbonyl (C=O) groups excluding carboxylic acids is 1. The maximum atomic E-state index is 13.1. The van der Waals surface area contributed by atoms with E-state index in [1.165, 1.54) is 12.1 Å². The molecule has 0 bridgehead atoms. The summed E-state index contributed by atoms with van der Waals surface area (Å²) in [6.45, 7) is 3.32. The summed E-state index contributed by atoms with van der Waals surface area (Å²) in [5.41, 5.74) is 0.279. The van der Waals surface area contributed by atoms with Crippen molar-refractivity contribution in [3.8, 4) is 0 Å². The van der Waals surface area contributed by atoms with Gasteiger partial charge in [0.25, 0.3) is 5.91 Å². The van der Waals surface area contributed by atoms with Gasteiger partial charge in [-0.3, -0.25) is 4.79 Å². The Morgan fingerprint density at radius 2 is 2.26 bits per heavy atom. The van der Waals surface area contributed by atoms with Gasteiger partial charge in [0.2, 0.25) is 0 Å². The lowest BCUT2D eigenvalue weighted by molar-refractivity contribution is -0.0440. The van der Waals surface area contributed by atoms with E-state index < -0.39 is 0 Å². The fourth-order valence-electron chi connectivity index (χ4n) is 2.38. The molecule has 1 aromatic carbocycles. The molecule has 2 rings (SSSR count). The quantitative estimate of drug-likeness (QED) is 0.742. The first-order valence-corrected chi connectivity index (χ1v) is 7.32. The number of halogens is 2. The Morgan fingerprint density at radius 1 is 1.53 bits per heavy atom. The number of ether oxygens (including phenoxy) is 1. The third-order valence-electron chi connectivity index (χ3n) is 3.60. The number of hydrogen-bond acceptors (Lipinski definition) is 2. The van der Waals surface area contributed by atoms with Crippen molar-refractivity contribution in [2.45, 2.75) is 25.4 Å². The van der Waals surface area contributed by atoms with Crippen LogP contribution in [0.15, 0.2) is 18.2 Å². The molecule has 0 aliphatic carbocycles. The van der Waals surface area contributed by atoms with Gasteiger partial charge in [-0.25, -0.2) is 4.39 Å². The number of nitrogens with zero attached hydrogens (tertiary/aromatic N) is 1. The molecule has 0 saturated carbocycles. The molecule has 19 heavy (non-hydrogen) atoms. The van der Waals surface area contributed by atoms with E-state index in [-0.39, 0.29) is 17.3 Å². The summed E-state index contributed by atoms with van der Waals surface area (Å²) in [7, 11) is 1.68. The SMILES string of the molecule is COC1(C)CCCN(C(=O)c2ccc(F)cc2I)C1. The standard InChI is InChI=1S/C14H17FINO2/c1-14(19-2)6-3-7-17(9-14)13(18)11-5-4-10(15)8-12(11)16/h4-5,8H,3,6-7,9H2,1-2H3. The van der Waals surface area contributed by atoms with E-state index in [0.29, 0.717) is 15.7 Å². The summed E-state index contributed by atoms with van der Waals surface area (Å²) < 4.78 is 19.2. The molecular formula is C14H17FINO2. The lowest BCUT2D eigenvalue weighted by Crippen LogP contribution is -2.49. The van der Waals surface area contributed by atoms with Gasteiger partial charge in [-0.1, -0.05) is 0 Å². The highest BCUT2D eigenvalue weighted by Crippen LogP contribution is 2.26. The summed E-state index contributed by atoms with van der Waals surface area (Å²) in [6, 6.07) is 4.26. The lowest BCUT2D eigenvalue weighted by atomic mass is 9.94. The number of likely N-dealkylation sites (tertiary alicyclic amines) is 1. The number of carbonyl (C=O) groups is 1. The summed E-state index contributed by atoms with van der Waals surface area (Å²) in [5, 5.41) is 0. The third-order valence-corrected chi connectivity index (χ3v) is 4.49. The highest BCUT2D eigenvalue weighted by molar-refractivity contribution is 14.1. The maximum absolute atomic E-state index is 13.1. The van der Waals surface area contributed by atoms with Crippen LogP contribution in [0.25, 0.3) is 0 Å². The van der Waals surface area contributed by atoms with Gasteiger partial charge in [-0.2, -0.15) is 0 Å². The molecule has 1 amide bonds. The van der Waals surface area contributed by atoms with Crippen LogP contribution in [-0.2, 0) is 4.74 Å². The van der Waals surface area contributed by atoms with Crippen molar-refractivity contribution in [1.29, 1.82) is 0 Å². The van der Waals surface area contributed by atoms with Crippen molar-refractivity contribution in [3.05, 3.63) is 33.1 Å². The first kappa shape index (κ1) is 14.7. The summed E-state index contributed by atoms with van der Waals surface area (Å²) in [4.78, 5) is 14.3. The van der Waals surface area contributed by atoms with Gasteiger partial charge >= 0.3 is 0 Å². The highest BCUT2D eigenvalue weighted by Gasteiger charge is 2.33. The van der Waals surface area contributed by atoms with Crippen molar-refractivity contribution >= 4 is 28.5 Å². The first-order chi connectivity index (χ1) is 8.95. The lowest BCUT2D eigenvalue weighted by Gasteiger charge is -2.39. The molecule has 1 unspecified atom stereocenters. The fraction of sp³-hybridized carbons (Fsp3) is 0.500. The molecule has 1 heterocycles. The van der Waals surface area contributed by atoms with E-state index in [2.05, 4.69) is 0 Å². The van der Waals surface area contributed by atoms with Crippen molar-refractivity contribution in [1.82, 2.24) is 4.90 Å². The molecular weight excluding hydrogens is 360 g/mol. The minimum Gasteiger partial charge on any atom is -0.377 e. The van der Waals surface area contributed by atoms with Crippen LogP contribution >= 0.6 is 22.6 Å². The van der Waals surface area contributed by atoms with Gasteiger partial charge in [0.15, 0.2) is 0 Å². The van der Waals surface area contributed by atoms with Crippen molar-refractivity contribution < 1.29 is 13.9 Å². The molecule has 5 heteroatoms. The second kappa shape index (κ2) is 5.75. The van der Waals surface area contributed by atoms with Crippen LogP contribution in [0.3, 0.4) is 0 Å². The molecule has 1 aromatic rings. The number of methoxy groups -OCH3 is 1. The molecule has 104 valence electrons. The molecule has 0 radical (unpaired) electrons. The molecule has 1 fully saturated rings. The second-order valence-electron chi connectivity index (χ2n) is 5.11. The van der Waals surface area contributed by atoms with Crippen molar-refractivity contribution in [2.24, 2.45) is 0 Å². The predicted octanol–water partition coefficient (Wildman–Crippen LogP) is 3.07. The monoisotopic (exact) mass is 377 g/mol. The average Bonchev–Trinajstić information content (AvgIpc) is 2.38. The van der Waals surface area contributed by atoms with Crippen LogP contribution in [0.1, 0.15) is 30.1 Å². The van der Waals surface area contributed by atoms with Crippen LogP contribution in [0.5, 0.6) is 0 Å². The minimum atomic E-state index is -0.318. The van der Waals surface area contributed by atoms with Gasteiger partial charge < -0.3 is 9.64 Å². The van der Waals surface area contributed by atoms with Crippen LogP contribution < -0.4 is 0 Å². The summed E-state index contributed by atoms with van der Waals surface area (Å²) >= 11 is 2.00. The molecule has 0 spiro atoms. The van der Waals surface area contributed by atoms with Crippen LogP contribution in [0.4, 0.5) is 4.39 Å². The zero-order valence-electron chi connectivity index (χ0n) is 11.1. The largest absolute Gasteiger partial charge is 0.377 e. The molecule has 1 atom stereocenters. The number of rotatable bonds is 2. The number of amides is 1. The smallest absolute Gasteiger partial charge is 0.255 e. The Labute approximate surface area is 126 Å². The number of hydrogen-bond donors (Lipinski definition) is 0. The molecule has 1 aliphatic heterocycles. The normalized spacial score (nSPS) is 23.5. The van der Waals surface area contributed by atoms with Crippen LogP contribution in [0.2, 0.25) is 0 Å². The van der Waals surface area contributed by atoms with Crippen molar-refractivity contribution in [2.75, 3.05) is 20.2 Å². The maximum Gasteiger partial charge on any atom is 0.255 e. The molecule has 3 nitrogen and oxygen atoms in total. The van der Waals surface area contributed by atoms with Gasteiger partial charge in [-0.05, 0) is 60.6 Å². The topological polar surface area (TPSA) is 29.5 Å². The molecule has 1 saturated heterocycles. The van der Waals surface area contributed by atoms with E-state index >= 15 is 0 Å². The Balaban J connectivity index is 2.19. The van der Waals surface area contributed by atoms with E-state index in [4.69, 9.17) is 4.74 Å². The van der Waals surface area contributed by atoms with Crippen LogP contribution in [0, 0.1) is 9.39 Å². The molecule has 0 N–H and O–H groups in total. The zero-order chi connectivity index (χ0) is 14.0. The Kier molecular flexibility index (Phi) is 4.45. The Bertz CT molecular complexity index is 494. The number of benzene rings is 1. The minimum absolute atomic E-state index is 0.0487. The van der Waals surface area contributed by atoms with Gasteiger partial charge in [0, 0.05) is 23.8 Å². The van der Waals surface area contributed by atoms with E-state index in [1.807, 2.05) is 29.5 Å². The Hall–Kier alpha value is -0.690. The summed E-state index contributed by atoms with van der Waals surface area (Å²) in [5.74, 6) is -0.367. The molecule has 1 aliphatic rings. The Morgan fingerprint density at radius 3 is 2.89 bits per heavy atom. The fourth-order valence-corrected chi connectivity index (χ4v) is 3.09. The van der Waals surface area contributed by atoms with Gasteiger partial charge in [0.1, 0.15) is 5.82 Å². The van der Waals surface area contributed by atoms with Crippen LogP contribution in [-0.4, -0.2) is 36.6 Å². The first-order valence-electron chi connectivity index (χ1n) is 6.25. The summed E-state index contributed by atoms with van der Waals surface area (Å²) in [6.07, 6.45) is 1.88.